The first-order chi connectivity index (χ1) is 9.28. The Balaban J connectivity index is 2.45. The molecule has 0 aliphatic rings. The van der Waals surface area contributed by atoms with E-state index in [-0.39, 0.29) is 18.2 Å². The summed E-state index contributed by atoms with van der Waals surface area (Å²) in [6, 6.07) is 5.49. The highest BCUT2D eigenvalue weighted by atomic mass is 19.4. The number of carbonyl (C=O) groups is 1. The molecule has 0 aliphatic heterocycles. The van der Waals surface area contributed by atoms with Crippen molar-refractivity contribution in [1.29, 1.82) is 0 Å². The Kier molecular flexibility index (Phi) is 5.82. The molecular weight excluding hydrogens is 275 g/mol. The number of rotatable bonds is 7. The number of alkyl halides is 3. The molecule has 0 saturated carbocycles. The van der Waals surface area contributed by atoms with Crippen LogP contribution in [0.2, 0.25) is 0 Å². The lowest BCUT2D eigenvalue weighted by molar-refractivity contribution is -0.274. The van der Waals surface area contributed by atoms with Crippen LogP contribution in [0.15, 0.2) is 24.3 Å². The van der Waals surface area contributed by atoms with Crippen LogP contribution in [0.4, 0.5) is 13.2 Å². The van der Waals surface area contributed by atoms with Crippen LogP contribution >= 0.6 is 0 Å². The second kappa shape index (κ2) is 7.14. The molecule has 1 aromatic rings. The molecule has 1 atom stereocenters. The summed E-state index contributed by atoms with van der Waals surface area (Å²) in [5.74, 6) is -1.12. The first kappa shape index (κ1) is 16.3. The SMILES string of the molecule is C[C@H](NCCCC(=O)O)c1ccc(OC(F)(F)F)cc1. The van der Waals surface area contributed by atoms with E-state index in [2.05, 4.69) is 10.1 Å². The molecule has 7 heteroatoms. The zero-order chi connectivity index (χ0) is 15.2. The van der Waals surface area contributed by atoms with Gasteiger partial charge in [-0.25, -0.2) is 0 Å². The van der Waals surface area contributed by atoms with Crippen molar-refractivity contribution in [2.75, 3.05) is 6.54 Å². The van der Waals surface area contributed by atoms with Gasteiger partial charge in [-0.3, -0.25) is 4.79 Å². The number of ether oxygens (including phenoxy) is 1. The van der Waals surface area contributed by atoms with Crippen molar-refractivity contribution < 1.29 is 27.8 Å². The van der Waals surface area contributed by atoms with Crippen LogP contribution in [0, 0.1) is 0 Å². The van der Waals surface area contributed by atoms with Gasteiger partial charge in [0, 0.05) is 12.5 Å². The Morgan fingerprint density at radius 2 is 1.95 bits per heavy atom. The molecule has 0 saturated heterocycles. The van der Waals surface area contributed by atoms with Crippen LogP contribution in [0.5, 0.6) is 5.75 Å². The molecule has 0 bridgehead atoms. The molecule has 112 valence electrons. The summed E-state index contributed by atoms with van der Waals surface area (Å²) < 4.78 is 39.7. The van der Waals surface area contributed by atoms with Crippen molar-refractivity contribution in [2.24, 2.45) is 0 Å². The van der Waals surface area contributed by atoms with E-state index in [0.717, 1.165) is 5.56 Å². The molecule has 0 amide bonds. The maximum Gasteiger partial charge on any atom is 0.573 e. The Labute approximate surface area is 114 Å². The molecule has 20 heavy (non-hydrogen) atoms. The maximum absolute atomic E-state index is 12.0. The number of hydrogen-bond donors (Lipinski definition) is 2. The van der Waals surface area contributed by atoms with E-state index in [4.69, 9.17) is 5.11 Å². The number of nitrogens with one attached hydrogen (secondary N) is 1. The molecule has 2 N–H and O–H groups in total. The van der Waals surface area contributed by atoms with Gasteiger partial charge in [0.15, 0.2) is 0 Å². The summed E-state index contributed by atoms with van der Waals surface area (Å²) in [4.78, 5) is 10.3. The van der Waals surface area contributed by atoms with Gasteiger partial charge in [0.1, 0.15) is 5.75 Å². The van der Waals surface area contributed by atoms with E-state index in [1.165, 1.54) is 24.3 Å². The average Bonchev–Trinajstić information content (AvgIpc) is 2.33. The van der Waals surface area contributed by atoms with Crippen molar-refractivity contribution in [1.82, 2.24) is 5.32 Å². The van der Waals surface area contributed by atoms with Gasteiger partial charge in [-0.05, 0) is 37.6 Å². The van der Waals surface area contributed by atoms with Gasteiger partial charge >= 0.3 is 12.3 Å². The van der Waals surface area contributed by atoms with E-state index >= 15 is 0 Å². The van der Waals surface area contributed by atoms with E-state index < -0.39 is 12.3 Å². The highest BCUT2D eigenvalue weighted by Crippen LogP contribution is 2.24. The second-order valence-corrected chi connectivity index (χ2v) is 4.29. The molecule has 4 nitrogen and oxygen atoms in total. The van der Waals surface area contributed by atoms with Crippen molar-refractivity contribution in [3.05, 3.63) is 29.8 Å². The lowest BCUT2D eigenvalue weighted by Crippen LogP contribution is -2.20. The second-order valence-electron chi connectivity index (χ2n) is 4.29. The van der Waals surface area contributed by atoms with Crippen molar-refractivity contribution in [3.8, 4) is 5.75 Å². The first-order valence-corrected chi connectivity index (χ1v) is 6.09. The minimum Gasteiger partial charge on any atom is -0.481 e. The van der Waals surface area contributed by atoms with Crippen LogP contribution in [-0.2, 0) is 4.79 Å². The number of benzene rings is 1. The Morgan fingerprint density at radius 1 is 1.35 bits per heavy atom. The van der Waals surface area contributed by atoms with Gasteiger partial charge in [0.05, 0.1) is 0 Å². The van der Waals surface area contributed by atoms with Crippen LogP contribution < -0.4 is 10.1 Å². The van der Waals surface area contributed by atoms with Gasteiger partial charge < -0.3 is 15.2 Å². The van der Waals surface area contributed by atoms with Gasteiger partial charge in [-0.1, -0.05) is 12.1 Å². The van der Waals surface area contributed by atoms with Gasteiger partial charge in [0.2, 0.25) is 0 Å². The first-order valence-electron chi connectivity index (χ1n) is 6.09. The fourth-order valence-electron chi connectivity index (χ4n) is 1.63. The van der Waals surface area contributed by atoms with Gasteiger partial charge in [-0.2, -0.15) is 0 Å². The maximum atomic E-state index is 12.0. The average molecular weight is 291 g/mol. The molecule has 0 aromatic heterocycles. The van der Waals surface area contributed by atoms with Crippen LogP contribution in [0.1, 0.15) is 31.4 Å². The quantitative estimate of drug-likeness (QED) is 0.758. The number of aliphatic carboxylic acids is 1. The number of carboxylic acids is 1. The zero-order valence-corrected chi connectivity index (χ0v) is 10.9. The Bertz CT molecular complexity index is 431. The van der Waals surface area contributed by atoms with Crippen LogP contribution in [0.25, 0.3) is 0 Å². The van der Waals surface area contributed by atoms with Crippen LogP contribution in [-0.4, -0.2) is 24.0 Å². The third-order valence-electron chi connectivity index (χ3n) is 2.63. The van der Waals surface area contributed by atoms with Gasteiger partial charge in [-0.15, -0.1) is 13.2 Å². The minimum atomic E-state index is -4.69. The fraction of sp³-hybridized carbons (Fsp3) is 0.462. The Morgan fingerprint density at radius 3 is 2.45 bits per heavy atom. The topological polar surface area (TPSA) is 58.6 Å². The smallest absolute Gasteiger partial charge is 0.481 e. The number of hydrogen-bond acceptors (Lipinski definition) is 3. The molecule has 1 aromatic carbocycles. The standard InChI is InChI=1S/C13H16F3NO3/c1-9(17-8-2-3-12(18)19)10-4-6-11(7-5-10)20-13(14,15)16/h4-7,9,17H,2-3,8H2,1H3,(H,18,19)/t9-/m0/s1. The van der Waals surface area contributed by atoms with Crippen molar-refractivity contribution in [3.63, 3.8) is 0 Å². The largest absolute Gasteiger partial charge is 0.573 e. The molecule has 1 rings (SSSR count). The minimum absolute atomic E-state index is 0.0799. The number of carboxylic acid groups (broad SMARTS) is 1. The normalized spacial score (nSPS) is 13.0. The lowest BCUT2D eigenvalue weighted by Gasteiger charge is -2.15. The number of halogens is 3. The summed E-state index contributed by atoms with van der Waals surface area (Å²) in [5, 5.41) is 11.6. The summed E-state index contributed by atoms with van der Waals surface area (Å²) in [6.07, 6.45) is -4.12. The van der Waals surface area contributed by atoms with E-state index in [1.54, 1.807) is 0 Å². The molecule has 0 unspecified atom stereocenters. The fourth-order valence-corrected chi connectivity index (χ4v) is 1.63. The molecule has 0 aliphatic carbocycles. The molecular formula is C13H16F3NO3. The summed E-state index contributed by atoms with van der Waals surface area (Å²) in [7, 11) is 0. The molecule has 0 radical (unpaired) electrons. The summed E-state index contributed by atoms with van der Waals surface area (Å²) >= 11 is 0. The predicted octanol–water partition coefficient (Wildman–Crippen LogP) is 3.10. The third kappa shape index (κ3) is 6.42. The Hall–Kier alpha value is -1.76. The summed E-state index contributed by atoms with van der Waals surface area (Å²) in [6.45, 7) is 2.37. The highest BCUT2D eigenvalue weighted by Gasteiger charge is 2.30. The van der Waals surface area contributed by atoms with E-state index in [0.29, 0.717) is 13.0 Å². The molecule has 0 fully saturated rings. The van der Waals surface area contributed by atoms with Gasteiger partial charge in [0.25, 0.3) is 0 Å². The lowest BCUT2D eigenvalue weighted by atomic mass is 10.1. The van der Waals surface area contributed by atoms with Crippen molar-refractivity contribution >= 4 is 5.97 Å². The van der Waals surface area contributed by atoms with E-state index in [9.17, 15) is 18.0 Å². The van der Waals surface area contributed by atoms with Crippen molar-refractivity contribution in [2.45, 2.75) is 32.2 Å². The molecule has 0 spiro atoms. The monoisotopic (exact) mass is 291 g/mol. The van der Waals surface area contributed by atoms with E-state index in [1.807, 2.05) is 6.92 Å². The van der Waals surface area contributed by atoms with Crippen LogP contribution in [0.3, 0.4) is 0 Å². The highest BCUT2D eigenvalue weighted by molar-refractivity contribution is 5.66. The predicted molar refractivity (Wildman–Crippen MR) is 66.4 cm³/mol. The summed E-state index contributed by atoms with van der Waals surface area (Å²) in [5.41, 5.74) is 0.801. The third-order valence-corrected chi connectivity index (χ3v) is 2.63. The zero-order valence-electron chi connectivity index (χ0n) is 10.9. The molecule has 0 heterocycles.